The highest BCUT2D eigenvalue weighted by atomic mass is 35.5. The Morgan fingerprint density at radius 1 is 1.21 bits per heavy atom. The van der Waals surface area contributed by atoms with E-state index in [2.05, 4.69) is 10.3 Å². The van der Waals surface area contributed by atoms with Gasteiger partial charge in [0.25, 0.3) is 0 Å². The number of carbonyl (C=O) groups is 1. The first-order valence-corrected chi connectivity index (χ1v) is 7.69. The lowest BCUT2D eigenvalue weighted by molar-refractivity contribution is -0.114. The van der Waals surface area contributed by atoms with E-state index in [4.69, 9.17) is 20.8 Å². The first-order chi connectivity index (χ1) is 11.6. The second-order valence-corrected chi connectivity index (χ2v) is 5.55. The van der Waals surface area contributed by atoms with Gasteiger partial charge in [-0.3, -0.25) is 4.79 Å². The standard InChI is InChI=1S/C18H15ClN2O3/c1-12(22)20-16-4-2-3-5-17(16)23-10-15-11-24-18(21-15)13-6-8-14(19)9-7-13/h2-9,11H,10H2,1H3,(H,20,22). The van der Waals surface area contributed by atoms with Gasteiger partial charge in [0.15, 0.2) is 0 Å². The van der Waals surface area contributed by atoms with Crippen molar-refractivity contribution >= 4 is 23.2 Å². The summed E-state index contributed by atoms with van der Waals surface area (Å²) < 4.78 is 11.2. The number of benzene rings is 2. The molecule has 5 nitrogen and oxygen atoms in total. The number of aromatic nitrogens is 1. The number of para-hydroxylation sites is 2. The van der Waals surface area contributed by atoms with E-state index >= 15 is 0 Å². The number of hydrogen-bond acceptors (Lipinski definition) is 4. The Morgan fingerprint density at radius 2 is 1.96 bits per heavy atom. The fraction of sp³-hybridized carbons (Fsp3) is 0.111. The van der Waals surface area contributed by atoms with E-state index in [0.29, 0.717) is 28.0 Å². The summed E-state index contributed by atoms with van der Waals surface area (Å²) in [7, 11) is 0. The molecule has 0 aliphatic rings. The average molecular weight is 343 g/mol. The van der Waals surface area contributed by atoms with Crippen LogP contribution in [0.5, 0.6) is 5.75 Å². The number of nitrogens with zero attached hydrogens (tertiary/aromatic N) is 1. The third-order valence-corrected chi connectivity index (χ3v) is 3.47. The first-order valence-electron chi connectivity index (χ1n) is 7.31. The summed E-state index contributed by atoms with van der Waals surface area (Å²) >= 11 is 5.87. The van der Waals surface area contributed by atoms with Crippen LogP contribution in [0.25, 0.3) is 11.5 Å². The van der Waals surface area contributed by atoms with Gasteiger partial charge in [-0.05, 0) is 36.4 Å². The molecule has 0 fully saturated rings. The van der Waals surface area contributed by atoms with Gasteiger partial charge in [-0.2, -0.15) is 0 Å². The van der Waals surface area contributed by atoms with Gasteiger partial charge < -0.3 is 14.5 Å². The van der Waals surface area contributed by atoms with Crippen molar-refractivity contribution < 1.29 is 13.9 Å². The second kappa shape index (κ2) is 7.19. The highest BCUT2D eigenvalue weighted by Gasteiger charge is 2.09. The molecule has 0 aliphatic heterocycles. The van der Waals surface area contributed by atoms with Crippen molar-refractivity contribution in [1.29, 1.82) is 0 Å². The third-order valence-electron chi connectivity index (χ3n) is 3.22. The lowest BCUT2D eigenvalue weighted by Crippen LogP contribution is -2.07. The molecule has 122 valence electrons. The fourth-order valence-corrected chi connectivity index (χ4v) is 2.26. The maximum absolute atomic E-state index is 11.2. The summed E-state index contributed by atoms with van der Waals surface area (Å²) in [4.78, 5) is 15.6. The maximum Gasteiger partial charge on any atom is 0.226 e. The number of amides is 1. The molecule has 1 N–H and O–H groups in total. The second-order valence-electron chi connectivity index (χ2n) is 5.12. The minimum atomic E-state index is -0.155. The van der Waals surface area contributed by atoms with Crippen LogP contribution in [-0.2, 0) is 11.4 Å². The van der Waals surface area contributed by atoms with Gasteiger partial charge in [0.05, 0.1) is 5.69 Å². The summed E-state index contributed by atoms with van der Waals surface area (Å²) in [5, 5.41) is 3.38. The Hall–Kier alpha value is -2.79. The fourth-order valence-electron chi connectivity index (χ4n) is 2.14. The van der Waals surface area contributed by atoms with Crippen molar-refractivity contribution in [2.75, 3.05) is 5.32 Å². The van der Waals surface area contributed by atoms with Gasteiger partial charge in [-0.1, -0.05) is 23.7 Å². The molecule has 0 saturated heterocycles. The molecule has 0 aliphatic carbocycles. The molecule has 0 radical (unpaired) electrons. The SMILES string of the molecule is CC(=O)Nc1ccccc1OCc1coc(-c2ccc(Cl)cc2)n1. The average Bonchev–Trinajstić information content (AvgIpc) is 3.03. The highest BCUT2D eigenvalue weighted by Crippen LogP contribution is 2.25. The Morgan fingerprint density at radius 3 is 2.71 bits per heavy atom. The maximum atomic E-state index is 11.2. The topological polar surface area (TPSA) is 64.4 Å². The number of rotatable bonds is 5. The molecule has 1 heterocycles. The Bertz CT molecular complexity index is 843. The Balaban J connectivity index is 1.70. The molecule has 2 aromatic carbocycles. The molecular formula is C18H15ClN2O3. The van der Waals surface area contributed by atoms with Crippen LogP contribution in [0.15, 0.2) is 59.2 Å². The van der Waals surface area contributed by atoms with Crippen molar-refractivity contribution in [2.24, 2.45) is 0 Å². The van der Waals surface area contributed by atoms with Gasteiger partial charge in [0.2, 0.25) is 11.8 Å². The van der Waals surface area contributed by atoms with Crippen LogP contribution in [0.4, 0.5) is 5.69 Å². The molecular weight excluding hydrogens is 328 g/mol. The molecule has 0 unspecified atom stereocenters. The Kier molecular flexibility index (Phi) is 4.82. The minimum absolute atomic E-state index is 0.155. The molecule has 24 heavy (non-hydrogen) atoms. The highest BCUT2D eigenvalue weighted by molar-refractivity contribution is 6.30. The number of oxazole rings is 1. The molecule has 1 amide bonds. The van der Waals surface area contributed by atoms with Gasteiger partial charge in [-0.25, -0.2) is 4.98 Å². The molecule has 1 aromatic heterocycles. The number of hydrogen-bond donors (Lipinski definition) is 1. The molecule has 0 spiro atoms. The van der Waals surface area contributed by atoms with Gasteiger partial charge in [0, 0.05) is 17.5 Å². The van der Waals surface area contributed by atoms with Crippen molar-refractivity contribution in [3.8, 4) is 17.2 Å². The van der Waals surface area contributed by atoms with Crippen LogP contribution in [0.3, 0.4) is 0 Å². The van der Waals surface area contributed by atoms with E-state index in [1.54, 1.807) is 30.5 Å². The molecule has 0 atom stereocenters. The number of ether oxygens (including phenoxy) is 1. The first kappa shape index (κ1) is 16.1. The van der Waals surface area contributed by atoms with E-state index in [0.717, 1.165) is 5.56 Å². The van der Waals surface area contributed by atoms with Crippen molar-refractivity contribution in [3.63, 3.8) is 0 Å². The van der Waals surface area contributed by atoms with E-state index in [9.17, 15) is 4.79 Å². The predicted octanol–water partition coefficient (Wildman–Crippen LogP) is 4.53. The van der Waals surface area contributed by atoms with Crippen LogP contribution in [0, 0.1) is 0 Å². The van der Waals surface area contributed by atoms with E-state index < -0.39 is 0 Å². The van der Waals surface area contributed by atoms with Crippen molar-refractivity contribution in [1.82, 2.24) is 4.98 Å². The molecule has 0 bridgehead atoms. The van der Waals surface area contributed by atoms with E-state index in [1.807, 2.05) is 24.3 Å². The monoisotopic (exact) mass is 342 g/mol. The normalized spacial score (nSPS) is 10.4. The van der Waals surface area contributed by atoms with Gasteiger partial charge >= 0.3 is 0 Å². The van der Waals surface area contributed by atoms with Crippen LogP contribution in [0.1, 0.15) is 12.6 Å². The lowest BCUT2D eigenvalue weighted by atomic mass is 10.2. The molecule has 6 heteroatoms. The van der Waals surface area contributed by atoms with Crippen molar-refractivity contribution in [3.05, 3.63) is 65.5 Å². The quantitative estimate of drug-likeness (QED) is 0.739. The third kappa shape index (κ3) is 3.94. The molecule has 3 rings (SSSR count). The van der Waals surface area contributed by atoms with Gasteiger partial charge in [-0.15, -0.1) is 0 Å². The van der Waals surface area contributed by atoms with E-state index in [1.165, 1.54) is 6.92 Å². The van der Waals surface area contributed by atoms with E-state index in [-0.39, 0.29) is 12.5 Å². The largest absolute Gasteiger partial charge is 0.485 e. The zero-order valence-corrected chi connectivity index (χ0v) is 13.7. The number of anilines is 1. The zero-order chi connectivity index (χ0) is 16.9. The summed E-state index contributed by atoms with van der Waals surface area (Å²) in [6.07, 6.45) is 1.55. The van der Waals surface area contributed by atoms with Crippen LogP contribution < -0.4 is 10.1 Å². The summed E-state index contributed by atoms with van der Waals surface area (Å²) in [6.45, 7) is 1.68. The number of nitrogens with one attached hydrogen (secondary N) is 1. The predicted molar refractivity (Wildman–Crippen MR) is 92.0 cm³/mol. The summed E-state index contributed by atoms with van der Waals surface area (Å²) in [5.41, 5.74) is 2.10. The van der Waals surface area contributed by atoms with Crippen LogP contribution in [0.2, 0.25) is 5.02 Å². The Labute approximate surface area is 144 Å². The number of carbonyl (C=O) groups excluding carboxylic acids is 1. The molecule has 3 aromatic rings. The smallest absolute Gasteiger partial charge is 0.226 e. The van der Waals surface area contributed by atoms with Gasteiger partial charge in [0.1, 0.15) is 24.3 Å². The minimum Gasteiger partial charge on any atom is -0.485 e. The summed E-state index contributed by atoms with van der Waals surface area (Å²) in [5.74, 6) is 0.918. The molecule has 0 saturated carbocycles. The van der Waals surface area contributed by atoms with Crippen LogP contribution in [-0.4, -0.2) is 10.9 Å². The van der Waals surface area contributed by atoms with Crippen molar-refractivity contribution in [2.45, 2.75) is 13.5 Å². The zero-order valence-electron chi connectivity index (χ0n) is 13.0. The summed E-state index contributed by atoms with van der Waals surface area (Å²) in [6, 6.07) is 14.5. The lowest BCUT2D eigenvalue weighted by Gasteiger charge is -2.10. The van der Waals surface area contributed by atoms with Crippen LogP contribution >= 0.6 is 11.6 Å². The number of halogens is 1.